The van der Waals surface area contributed by atoms with Gasteiger partial charge in [-0.2, -0.15) is 0 Å². The Kier molecular flexibility index (Phi) is 4.53. The topological polar surface area (TPSA) is 71.2 Å². The number of halogens is 1. The van der Waals surface area contributed by atoms with Gasteiger partial charge in [0, 0.05) is 16.3 Å². The molecule has 0 radical (unpaired) electrons. The Morgan fingerprint density at radius 3 is 2.67 bits per heavy atom. The molecule has 0 aliphatic carbocycles. The summed E-state index contributed by atoms with van der Waals surface area (Å²) in [6, 6.07) is 13.9. The summed E-state index contributed by atoms with van der Waals surface area (Å²) < 4.78 is 5.39. The molecule has 0 spiro atoms. The lowest BCUT2D eigenvalue weighted by Gasteiger charge is -2.08. The van der Waals surface area contributed by atoms with E-state index in [0.29, 0.717) is 27.5 Å². The second-order valence-electron chi connectivity index (χ2n) is 5.37. The van der Waals surface area contributed by atoms with E-state index >= 15 is 0 Å². The second kappa shape index (κ2) is 6.76. The first-order chi connectivity index (χ1) is 11.5. The van der Waals surface area contributed by atoms with Crippen LogP contribution in [0.25, 0.3) is 10.9 Å². The van der Waals surface area contributed by atoms with Crippen LogP contribution in [0.3, 0.4) is 0 Å². The molecule has 1 heterocycles. The van der Waals surface area contributed by atoms with Crippen LogP contribution < -0.4 is 15.6 Å². The fourth-order valence-electron chi connectivity index (χ4n) is 2.26. The Balaban J connectivity index is 1.67. The number of carbonyl (C=O) groups is 1. The summed E-state index contributed by atoms with van der Waals surface area (Å²) in [5, 5.41) is 4.25. The molecule has 1 amide bonds. The molecule has 6 heteroatoms. The van der Waals surface area contributed by atoms with Crippen molar-refractivity contribution < 1.29 is 9.53 Å². The van der Waals surface area contributed by atoms with Crippen LogP contribution in [0.4, 0.5) is 5.69 Å². The Morgan fingerprint density at radius 1 is 1.17 bits per heavy atom. The highest BCUT2D eigenvalue weighted by Crippen LogP contribution is 2.18. The smallest absolute Gasteiger partial charge is 0.262 e. The van der Waals surface area contributed by atoms with Gasteiger partial charge in [0.25, 0.3) is 11.5 Å². The van der Waals surface area contributed by atoms with Crippen LogP contribution in [0.5, 0.6) is 5.75 Å². The molecule has 0 saturated heterocycles. The summed E-state index contributed by atoms with van der Waals surface area (Å²) in [4.78, 5) is 26.4. The van der Waals surface area contributed by atoms with Gasteiger partial charge in [-0.15, -0.1) is 0 Å². The predicted octanol–water partition coefficient (Wildman–Crippen LogP) is 3.51. The molecule has 2 aromatic carbocycles. The molecule has 0 aliphatic rings. The Labute approximate surface area is 143 Å². The lowest BCUT2D eigenvalue weighted by atomic mass is 10.1. The number of benzene rings is 2. The molecular weight excluding hydrogens is 328 g/mol. The summed E-state index contributed by atoms with van der Waals surface area (Å²) in [6.07, 6.45) is 0. The number of hydrogen-bond acceptors (Lipinski definition) is 3. The number of aromatic nitrogens is 1. The van der Waals surface area contributed by atoms with Gasteiger partial charge in [0.1, 0.15) is 5.75 Å². The number of hydrogen-bond donors (Lipinski definition) is 2. The zero-order chi connectivity index (χ0) is 17.1. The van der Waals surface area contributed by atoms with Crippen molar-refractivity contribution in [3.63, 3.8) is 0 Å². The number of anilines is 1. The number of amides is 1. The minimum Gasteiger partial charge on any atom is -0.484 e. The fraction of sp³-hybridized carbons (Fsp3) is 0.111. The number of fused-ring (bicyclic) bond motifs is 1. The van der Waals surface area contributed by atoms with Gasteiger partial charge in [-0.1, -0.05) is 17.7 Å². The lowest BCUT2D eigenvalue weighted by Crippen LogP contribution is -2.20. The van der Waals surface area contributed by atoms with Crippen LogP contribution in [0.15, 0.2) is 53.3 Å². The van der Waals surface area contributed by atoms with E-state index in [1.165, 1.54) is 0 Å². The third-order valence-electron chi connectivity index (χ3n) is 3.50. The summed E-state index contributed by atoms with van der Waals surface area (Å²) >= 11 is 5.79. The lowest BCUT2D eigenvalue weighted by molar-refractivity contribution is -0.118. The number of aromatic amines is 1. The molecule has 24 heavy (non-hydrogen) atoms. The van der Waals surface area contributed by atoms with Crippen molar-refractivity contribution >= 4 is 34.1 Å². The highest BCUT2D eigenvalue weighted by atomic mass is 35.5. The van der Waals surface area contributed by atoms with Crippen LogP contribution in [-0.4, -0.2) is 17.5 Å². The minimum atomic E-state index is -0.293. The molecular formula is C18H15ClN2O3. The van der Waals surface area contributed by atoms with Gasteiger partial charge in [-0.3, -0.25) is 9.59 Å². The first-order valence-electron chi connectivity index (χ1n) is 7.33. The van der Waals surface area contributed by atoms with Crippen molar-refractivity contribution in [3.8, 4) is 5.75 Å². The van der Waals surface area contributed by atoms with E-state index in [4.69, 9.17) is 16.3 Å². The maximum atomic E-state index is 12.0. The quantitative estimate of drug-likeness (QED) is 0.762. The monoisotopic (exact) mass is 342 g/mol. The first kappa shape index (κ1) is 16.1. The van der Waals surface area contributed by atoms with Crippen molar-refractivity contribution in [1.29, 1.82) is 0 Å². The van der Waals surface area contributed by atoms with Gasteiger partial charge in [0.05, 0.1) is 5.52 Å². The van der Waals surface area contributed by atoms with Gasteiger partial charge < -0.3 is 15.0 Å². The van der Waals surface area contributed by atoms with E-state index in [1.54, 1.807) is 43.3 Å². The zero-order valence-corrected chi connectivity index (χ0v) is 13.7. The van der Waals surface area contributed by atoms with Crippen LogP contribution in [0.1, 0.15) is 5.56 Å². The van der Waals surface area contributed by atoms with E-state index in [1.807, 2.05) is 12.1 Å². The van der Waals surface area contributed by atoms with E-state index in [2.05, 4.69) is 10.3 Å². The first-order valence-corrected chi connectivity index (χ1v) is 7.71. The molecule has 3 aromatic rings. The average molecular weight is 343 g/mol. The van der Waals surface area contributed by atoms with Gasteiger partial charge >= 0.3 is 0 Å². The molecule has 0 aliphatic heterocycles. The summed E-state index contributed by atoms with van der Waals surface area (Å²) in [5.74, 6) is 0.270. The van der Waals surface area contributed by atoms with Gasteiger partial charge in [-0.25, -0.2) is 0 Å². The standard InChI is InChI=1S/C18H15ClN2O3/c1-11-8-12-2-5-14(9-16(12)21-18(11)23)20-17(22)10-24-15-6-3-13(19)4-7-15/h2-9H,10H2,1H3,(H,20,22)(H,21,23). The Hall–Kier alpha value is -2.79. The van der Waals surface area contributed by atoms with E-state index in [0.717, 1.165) is 5.39 Å². The van der Waals surface area contributed by atoms with Crippen molar-refractivity contribution in [2.75, 3.05) is 11.9 Å². The summed E-state index contributed by atoms with van der Waals surface area (Å²) in [7, 11) is 0. The van der Waals surface area contributed by atoms with Crippen molar-refractivity contribution in [1.82, 2.24) is 4.98 Å². The second-order valence-corrected chi connectivity index (χ2v) is 5.81. The number of rotatable bonds is 4. The zero-order valence-electron chi connectivity index (χ0n) is 12.9. The van der Waals surface area contributed by atoms with Gasteiger partial charge in [-0.05, 0) is 54.8 Å². The van der Waals surface area contributed by atoms with E-state index in [-0.39, 0.29) is 18.1 Å². The Morgan fingerprint density at radius 2 is 1.92 bits per heavy atom. The van der Waals surface area contributed by atoms with Gasteiger partial charge in [0.2, 0.25) is 0 Å². The predicted molar refractivity (Wildman–Crippen MR) is 94.9 cm³/mol. The summed E-state index contributed by atoms with van der Waals surface area (Å²) in [6.45, 7) is 1.63. The molecule has 0 fully saturated rings. The molecule has 5 nitrogen and oxygen atoms in total. The van der Waals surface area contributed by atoms with Crippen LogP contribution in [0, 0.1) is 6.92 Å². The van der Waals surface area contributed by atoms with Crippen molar-refractivity contribution in [2.45, 2.75) is 6.92 Å². The summed E-state index contributed by atoms with van der Waals surface area (Å²) in [5.41, 5.74) is 1.77. The number of aryl methyl sites for hydroxylation is 1. The van der Waals surface area contributed by atoms with Crippen molar-refractivity contribution in [3.05, 3.63) is 69.5 Å². The number of carbonyl (C=O) groups excluding carboxylic acids is 1. The molecule has 2 N–H and O–H groups in total. The molecule has 3 rings (SSSR count). The number of nitrogens with one attached hydrogen (secondary N) is 2. The van der Waals surface area contributed by atoms with Crippen LogP contribution in [0.2, 0.25) is 5.02 Å². The largest absolute Gasteiger partial charge is 0.484 e. The Bertz CT molecular complexity index is 949. The van der Waals surface area contributed by atoms with Gasteiger partial charge in [0.15, 0.2) is 6.61 Å². The molecule has 1 aromatic heterocycles. The average Bonchev–Trinajstić information content (AvgIpc) is 2.56. The molecule has 0 atom stereocenters. The maximum Gasteiger partial charge on any atom is 0.262 e. The number of H-pyrrole nitrogens is 1. The van der Waals surface area contributed by atoms with Crippen molar-refractivity contribution in [2.24, 2.45) is 0 Å². The maximum absolute atomic E-state index is 12.0. The highest BCUT2D eigenvalue weighted by molar-refractivity contribution is 6.30. The van der Waals surface area contributed by atoms with E-state index < -0.39 is 0 Å². The van der Waals surface area contributed by atoms with Crippen LogP contribution >= 0.6 is 11.6 Å². The molecule has 0 unspecified atom stereocenters. The number of ether oxygens (including phenoxy) is 1. The molecule has 0 saturated carbocycles. The third-order valence-corrected chi connectivity index (χ3v) is 3.75. The van der Waals surface area contributed by atoms with Crippen LogP contribution in [-0.2, 0) is 4.79 Å². The SMILES string of the molecule is Cc1cc2ccc(NC(=O)COc3ccc(Cl)cc3)cc2[nH]c1=O. The fourth-order valence-corrected chi connectivity index (χ4v) is 2.39. The highest BCUT2D eigenvalue weighted by Gasteiger charge is 2.06. The molecule has 122 valence electrons. The van der Waals surface area contributed by atoms with E-state index in [9.17, 15) is 9.59 Å². The third kappa shape index (κ3) is 3.75. The minimum absolute atomic E-state index is 0.121. The number of pyridine rings is 1. The normalized spacial score (nSPS) is 10.6. The molecule has 0 bridgehead atoms.